The molecule has 17 heavy (non-hydrogen) atoms. The first-order chi connectivity index (χ1) is 8.15. The minimum Gasteiger partial charge on any atom is -0.478 e. The molecule has 5 heteroatoms. The fraction of sp³-hybridized carbons (Fsp3) is 0.333. The van der Waals surface area contributed by atoms with E-state index in [-0.39, 0.29) is 17.9 Å². The highest BCUT2D eigenvalue weighted by Crippen LogP contribution is 2.09. The minimum absolute atomic E-state index is 0.0764. The van der Waals surface area contributed by atoms with Gasteiger partial charge in [0.15, 0.2) is 0 Å². The third kappa shape index (κ3) is 4.24. The molecule has 1 aromatic carbocycles. The molecule has 1 rings (SSSR count). The van der Waals surface area contributed by atoms with Gasteiger partial charge in [0.1, 0.15) is 0 Å². The van der Waals surface area contributed by atoms with Crippen LogP contribution in [0.25, 0.3) is 0 Å². The second-order valence-corrected chi connectivity index (χ2v) is 3.63. The van der Waals surface area contributed by atoms with Gasteiger partial charge in [0.2, 0.25) is 5.91 Å². The first-order valence-corrected chi connectivity index (χ1v) is 5.43. The van der Waals surface area contributed by atoms with Crippen LogP contribution in [0.15, 0.2) is 24.3 Å². The number of hydrogen-bond donors (Lipinski definition) is 3. The molecule has 0 aliphatic carbocycles. The van der Waals surface area contributed by atoms with Gasteiger partial charge in [-0.3, -0.25) is 4.79 Å². The molecule has 0 aliphatic rings. The summed E-state index contributed by atoms with van der Waals surface area (Å²) < 4.78 is 0. The van der Waals surface area contributed by atoms with E-state index in [4.69, 9.17) is 10.8 Å². The average Bonchev–Trinajstić information content (AvgIpc) is 2.29. The number of carbonyl (C=O) groups excluding carboxylic acids is 1. The predicted octanol–water partition coefficient (Wildman–Crippen LogP) is 0.392. The molecule has 0 radical (unpaired) electrons. The van der Waals surface area contributed by atoms with Crippen molar-refractivity contribution in [1.82, 2.24) is 5.32 Å². The first kappa shape index (κ1) is 13.2. The summed E-state index contributed by atoms with van der Waals surface area (Å²) in [7, 11) is 0. The SMILES string of the molecule is NCCCNC(=O)Cc1ccccc1C(=O)O. The number of nitrogens with one attached hydrogen (secondary N) is 1. The largest absolute Gasteiger partial charge is 0.478 e. The van der Waals surface area contributed by atoms with Crippen LogP contribution in [-0.4, -0.2) is 30.1 Å². The number of aromatic carboxylic acids is 1. The highest BCUT2D eigenvalue weighted by molar-refractivity contribution is 5.91. The topological polar surface area (TPSA) is 92.4 Å². The molecule has 0 atom stereocenters. The van der Waals surface area contributed by atoms with E-state index in [1.807, 2.05) is 0 Å². The Morgan fingerprint density at radius 1 is 1.29 bits per heavy atom. The average molecular weight is 236 g/mol. The molecule has 4 N–H and O–H groups in total. The molecule has 0 spiro atoms. The molecule has 0 heterocycles. The minimum atomic E-state index is -1.02. The van der Waals surface area contributed by atoms with E-state index in [0.29, 0.717) is 25.1 Å². The van der Waals surface area contributed by atoms with Crippen LogP contribution in [-0.2, 0) is 11.2 Å². The molecule has 92 valence electrons. The van der Waals surface area contributed by atoms with Crippen molar-refractivity contribution in [3.05, 3.63) is 35.4 Å². The van der Waals surface area contributed by atoms with Crippen molar-refractivity contribution >= 4 is 11.9 Å². The van der Waals surface area contributed by atoms with Gasteiger partial charge < -0.3 is 16.2 Å². The standard InChI is InChI=1S/C12H16N2O3/c13-6-3-7-14-11(15)8-9-4-1-2-5-10(9)12(16)17/h1-2,4-5H,3,6-8,13H2,(H,14,15)(H,16,17). The summed E-state index contributed by atoms with van der Waals surface area (Å²) in [6.45, 7) is 1.04. The molecular formula is C12H16N2O3. The molecule has 0 saturated carbocycles. The third-order valence-electron chi connectivity index (χ3n) is 2.30. The van der Waals surface area contributed by atoms with E-state index in [9.17, 15) is 9.59 Å². The molecule has 0 bridgehead atoms. The number of carboxylic acid groups (broad SMARTS) is 1. The smallest absolute Gasteiger partial charge is 0.335 e. The van der Waals surface area contributed by atoms with Gasteiger partial charge in [-0.2, -0.15) is 0 Å². The lowest BCUT2D eigenvalue weighted by molar-refractivity contribution is -0.120. The number of hydrogen-bond acceptors (Lipinski definition) is 3. The number of carboxylic acids is 1. The Labute approximate surface area is 99.6 Å². The Morgan fingerprint density at radius 3 is 2.65 bits per heavy atom. The van der Waals surface area contributed by atoms with Gasteiger partial charge >= 0.3 is 5.97 Å². The van der Waals surface area contributed by atoms with Gasteiger partial charge in [-0.25, -0.2) is 4.79 Å². The summed E-state index contributed by atoms with van der Waals surface area (Å²) in [4.78, 5) is 22.4. The fourth-order valence-corrected chi connectivity index (χ4v) is 1.45. The van der Waals surface area contributed by atoms with E-state index in [1.54, 1.807) is 18.2 Å². The van der Waals surface area contributed by atoms with E-state index in [2.05, 4.69) is 5.32 Å². The maximum Gasteiger partial charge on any atom is 0.335 e. The zero-order valence-electron chi connectivity index (χ0n) is 9.48. The van der Waals surface area contributed by atoms with Crippen LogP contribution in [0.2, 0.25) is 0 Å². The molecule has 0 aromatic heterocycles. The van der Waals surface area contributed by atoms with E-state index >= 15 is 0 Å². The van der Waals surface area contributed by atoms with E-state index < -0.39 is 5.97 Å². The van der Waals surface area contributed by atoms with Crippen LogP contribution in [0.5, 0.6) is 0 Å². The molecule has 5 nitrogen and oxygen atoms in total. The van der Waals surface area contributed by atoms with Crippen molar-refractivity contribution in [2.24, 2.45) is 5.73 Å². The second kappa shape index (κ2) is 6.65. The van der Waals surface area contributed by atoms with Crippen LogP contribution in [0.3, 0.4) is 0 Å². The van der Waals surface area contributed by atoms with Gasteiger partial charge in [0, 0.05) is 6.54 Å². The zero-order valence-corrected chi connectivity index (χ0v) is 9.48. The lowest BCUT2D eigenvalue weighted by Gasteiger charge is -2.06. The Balaban J connectivity index is 2.61. The van der Waals surface area contributed by atoms with Gasteiger partial charge in [0.25, 0.3) is 0 Å². The van der Waals surface area contributed by atoms with Gasteiger partial charge in [-0.05, 0) is 24.6 Å². The second-order valence-electron chi connectivity index (χ2n) is 3.63. The van der Waals surface area contributed by atoms with Gasteiger partial charge in [0.05, 0.1) is 12.0 Å². The quantitative estimate of drug-likeness (QED) is 0.623. The first-order valence-electron chi connectivity index (χ1n) is 5.43. The van der Waals surface area contributed by atoms with Gasteiger partial charge in [-0.15, -0.1) is 0 Å². The Kier molecular flexibility index (Phi) is 5.16. The van der Waals surface area contributed by atoms with Crippen LogP contribution in [0.4, 0.5) is 0 Å². The van der Waals surface area contributed by atoms with Crippen molar-refractivity contribution in [3.8, 4) is 0 Å². The molecular weight excluding hydrogens is 220 g/mol. The normalized spacial score (nSPS) is 9.94. The summed E-state index contributed by atoms with van der Waals surface area (Å²) in [5, 5.41) is 11.6. The third-order valence-corrected chi connectivity index (χ3v) is 2.30. The summed E-state index contributed by atoms with van der Waals surface area (Å²) in [6.07, 6.45) is 0.791. The lowest BCUT2D eigenvalue weighted by atomic mass is 10.0. The molecule has 1 amide bonds. The molecule has 0 fully saturated rings. The van der Waals surface area contributed by atoms with Gasteiger partial charge in [-0.1, -0.05) is 18.2 Å². The summed E-state index contributed by atoms with van der Waals surface area (Å²) in [5.74, 6) is -1.21. The van der Waals surface area contributed by atoms with Crippen LogP contribution >= 0.6 is 0 Å². The van der Waals surface area contributed by atoms with E-state index in [0.717, 1.165) is 0 Å². The predicted molar refractivity (Wildman–Crippen MR) is 63.8 cm³/mol. The zero-order chi connectivity index (χ0) is 12.7. The number of rotatable bonds is 6. The van der Waals surface area contributed by atoms with Crippen molar-refractivity contribution in [2.75, 3.05) is 13.1 Å². The molecule has 1 aromatic rings. The van der Waals surface area contributed by atoms with Crippen molar-refractivity contribution < 1.29 is 14.7 Å². The monoisotopic (exact) mass is 236 g/mol. The van der Waals surface area contributed by atoms with Crippen LogP contribution < -0.4 is 11.1 Å². The number of carbonyl (C=O) groups is 2. The maximum absolute atomic E-state index is 11.5. The molecule has 0 saturated heterocycles. The van der Waals surface area contributed by atoms with Crippen molar-refractivity contribution in [1.29, 1.82) is 0 Å². The molecule has 0 unspecified atom stereocenters. The molecule has 0 aliphatic heterocycles. The van der Waals surface area contributed by atoms with Crippen molar-refractivity contribution in [3.63, 3.8) is 0 Å². The summed E-state index contributed by atoms with van der Waals surface area (Å²) >= 11 is 0. The highest BCUT2D eigenvalue weighted by Gasteiger charge is 2.11. The van der Waals surface area contributed by atoms with Crippen LogP contribution in [0.1, 0.15) is 22.3 Å². The lowest BCUT2D eigenvalue weighted by Crippen LogP contribution is -2.28. The summed E-state index contributed by atoms with van der Waals surface area (Å²) in [6, 6.07) is 6.49. The Bertz CT molecular complexity index is 404. The number of benzene rings is 1. The Hall–Kier alpha value is -1.88. The Morgan fingerprint density at radius 2 is 2.00 bits per heavy atom. The van der Waals surface area contributed by atoms with Crippen molar-refractivity contribution in [2.45, 2.75) is 12.8 Å². The number of amides is 1. The maximum atomic E-state index is 11.5. The summed E-state index contributed by atoms with van der Waals surface area (Å²) in [5.41, 5.74) is 5.99. The fourth-order valence-electron chi connectivity index (χ4n) is 1.45. The highest BCUT2D eigenvalue weighted by atomic mass is 16.4. The van der Waals surface area contributed by atoms with Crippen LogP contribution in [0, 0.1) is 0 Å². The van der Waals surface area contributed by atoms with E-state index in [1.165, 1.54) is 6.07 Å². The number of nitrogens with two attached hydrogens (primary N) is 1.